The van der Waals surface area contributed by atoms with E-state index in [9.17, 15) is 9.59 Å². The predicted molar refractivity (Wildman–Crippen MR) is 74.5 cm³/mol. The third-order valence-electron chi connectivity index (χ3n) is 3.86. The Morgan fingerprint density at radius 1 is 1.25 bits per heavy atom. The number of nitrogens with one attached hydrogen (secondary N) is 2. The van der Waals surface area contributed by atoms with Gasteiger partial charge in [0.25, 0.3) is 0 Å². The number of carbonyl (C=O) groups is 2. The minimum atomic E-state index is -0.855. The van der Waals surface area contributed by atoms with Gasteiger partial charge in [0.1, 0.15) is 11.2 Å². The summed E-state index contributed by atoms with van der Waals surface area (Å²) in [6.07, 6.45) is 3.31. The summed E-state index contributed by atoms with van der Waals surface area (Å²) in [5.41, 5.74) is -0.203. The van der Waals surface area contributed by atoms with Crippen LogP contribution in [0.1, 0.15) is 25.7 Å². The number of benzene rings is 1. The van der Waals surface area contributed by atoms with E-state index in [1.807, 2.05) is 6.07 Å². The van der Waals surface area contributed by atoms with Crippen LogP contribution in [0, 0.1) is 5.41 Å². The molecule has 1 aromatic rings. The van der Waals surface area contributed by atoms with Gasteiger partial charge in [0.2, 0.25) is 11.8 Å². The Labute approximate surface area is 117 Å². The lowest BCUT2D eigenvalue weighted by molar-refractivity contribution is -0.134. The average Bonchev–Trinajstić information content (AvgIpc) is 3.32. The predicted octanol–water partition coefficient (Wildman–Crippen LogP) is 1.69. The summed E-state index contributed by atoms with van der Waals surface area (Å²) in [4.78, 5) is 24.5. The first-order valence-corrected chi connectivity index (χ1v) is 6.90. The van der Waals surface area contributed by atoms with Gasteiger partial charge in [0.15, 0.2) is 0 Å². The molecular formula is C15H18N2O3. The molecule has 2 N–H and O–H groups in total. The number of carbonyl (C=O) groups excluding carboxylic acids is 2. The van der Waals surface area contributed by atoms with Crippen molar-refractivity contribution in [2.75, 3.05) is 12.4 Å². The van der Waals surface area contributed by atoms with E-state index in [1.54, 1.807) is 25.3 Å². The summed E-state index contributed by atoms with van der Waals surface area (Å²) in [6.45, 7) is 0. The molecule has 0 saturated heterocycles. The highest BCUT2D eigenvalue weighted by atomic mass is 16.5. The second-order valence-electron chi connectivity index (χ2n) is 5.52. The summed E-state index contributed by atoms with van der Waals surface area (Å²) in [5, 5.41) is 5.74. The Morgan fingerprint density at radius 2 is 2.00 bits per heavy atom. The van der Waals surface area contributed by atoms with E-state index in [0.717, 1.165) is 12.8 Å². The normalized spacial score (nSPS) is 19.1. The molecule has 0 radical (unpaired) electrons. The Morgan fingerprint density at radius 3 is 2.60 bits per heavy atom. The summed E-state index contributed by atoms with van der Waals surface area (Å²) in [7, 11) is 1.58. The SMILES string of the molecule is COc1cccc(NC(=O)C2(C(=O)NC3CC3)CC2)c1. The smallest absolute Gasteiger partial charge is 0.240 e. The van der Waals surface area contributed by atoms with Crippen LogP contribution in [0.4, 0.5) is 5.69 Å². The van der Waals surface area contributed by atoms with Gasteiger partial charge in [-0.05, 0) is 37.8 Å². The molecule has 5 heteroatoms. The lowest BCUT2D eigenvalue weighted by atomic mass is 10.0. The number of ether oxygens (including phenoxy) is 1. The third kappa shape index (κ3) is 2.48. The molecule has 0 spiro atoms. The number of methoxy groups -OCH3 is 1. The average molecular weight is 274 g/mol. The van der Waals surface area contributed by atoms with Crippen LogP contribution in [0.3, 0.4) is 0 Å². The van der Waals surface area contributed by atoms with Crippen LogP contribution in [0.5, 0.6) is 5.75 Å². The van der Waals surface area contributed by atoms with Crippen molar-refractivity contribution < 1.29 is 14.3 Å². The first kappa shape index (κ1) is 13.0. The van der Waals surface area contributed by atoms with Gasteiger partial charge < -0.3 is 15.4 Å². The molecule has 0 bridgehead atoms. The fraction of sp³-hybridized carbons (Fsp3) is 0.467. The van der Waals surface area contributed by atoms with Crippen LogP contribution in [0.2, 0.25) is 0 Å². The van der Waals surface area contributed by atoms with Gasteiger partial charge in [0.05, 0.1) is 7.11 Å². The van der Waals surface area contributed by atoms with Crippen LogP contribution in [0.15, 0.2) is 24.3 Å². The minimum Gasteiger partial charge on any atom is -0.497 e. The van der Waals surface area contributed by atoms with Gasteiger partial charge in [-0.15, -0.1) is 0 Å². The first-order valence-electron chi connectivity index (χ1n) is 6.90. The lowest BCUT2D eigenvalue weighted by Gasteiger charge is -2.15. The van der Waals surface area contributed by atoms with Crippen LogP contribution in [-0.4, -0.2) is 25.0 Å². The highest BCUT2D eigenvalue weighted by Crippen LogP contribution is 2.47. The minimum absolute atomic E-state index is 0.125. The zero-order valence-electron chi connectivity index (χ0n) is 11.4. The molecule has 20 heavy (non-hydrogen) atoms. The Hall–Kier alpha value is -2.04. The second-order valence-corrected chi connectivity index (χ2v) is 5.52. The van der Waals surface area contributed by atoms with Crippen molar-refractivity contribution in [2.24, 2.45) is 5.41 Å². The molecule has 2 amide bonds. The Kier molecular flexibility index (Phi) is 3.12. The largest absolute Gasteiger partial charge is 0.497 e. The molecule has 2 saturated carbocycles. The highest BCUT2D eigenvalue weighted by Gasteiger charge is 2.57. The zero-order chi connectivity index (χ0) is 14.2. The molecule has 0 heterocycles. The molecule has 0 atom stereocenters. The van der Waals surface area contributed by atoms with Crippen LogP contribution < -0.4 is 15.4 Å². The summed E-state index contributed by atoms with van der Waals surface area (Å²) < 4.78 is 5.12. The monoisotopic (exact) mass is 274 g/mol. The summed E-state index contributed by atoms with van der Waals surface area (Å²) in [6, 6.07) is 7.42. The van der Waals surface area contributed by atoms with Crippen molar-refractivity contribution in [2.45, 2.75) is 31.7 Å². The van der Waals surface area contributed by atoms with Gasteiger partial charge in [-0.1, -0.05) is 6.07 Å². The molecule has 3 rings (SSSR count). The quantitative estimate of drug-likeness (QED) is 0.803. The molecule has 0 aromatic heterocycles. The standard InChI is InChI=1S/C15H18N2O3/c1-20-12-4-2-3-11(9-12)17-14(19)15(7-8-15)13(18)16-10-5-6-10/h2-4,9-10H,5-8H2,1H3,(H,16,18)(H,17,19). The number of anilines is 1. The fourth-order valence-electron chi connectivity index (χ4n) is 2.19. The molecular weight excluding hydrogens is 256 g/mol. The summed E-state index contributed by atoms with van der Waals surface area (Å²) in [5.74, 6) is 0.333. The second kappa shape index (κ2) is 4.81. The topological polar surface area (TPSA) is 67.4 Å². The van der Waals surface area contributed by atoms with Gasteiger partial charge in [-0.3, -0.25) is 9.59 Å². The lowest BCUT2D eigenvalue weighted by Crippen LogP contribution is -2.40. The number of hydrogen-bond acceptors (Lipinski definition) is 3. The van der Waals surface area contributed by atoms with Crippen LogP contribution >= 0.6 is 0 Å². The van der Waals surface area contributed by atoms with Crippen molar-refractivity contribution in [1.29, 1.82) is 0 Å². The third-order valence-corrected chi connectivity index (χ3v) is 3.86. The van der Waals surface area contributed by atoms with E-state index >= 15 is 0 Å². The maximum atomic E-state index is 12.3. The van der Waals surface area contributed by atoms with Crippen LogP contribution in [0.25, 0.3) is 0 Å². The van der Waals surface area contributed by atoms with Gasteiger partial charge in [0, 0.05) is 17.8 Å². The Bertz CT molecular complexity index is 548. The van der Waals surface area contributed by atoms with E-state index in [-0.39, 0.29) is 17.9 Å². The van der Waals surface area contributed by atoms with E-state index in [2.05, 4.69) is 10.6 Å². The molecule has 1 aromatic carbocycles. The fourth-order valence-corrected chi connectivity index (χ4v) is 2.19. The zero-order valence-corrected chi connectivity index (χ0v) is 11.4. The number of rotatable bonds is 5. The molecule has 0 aliphatic heterocycles. The maximum absolute atomic E-state index is 12.3. The molecule has 106 valence electrons. The molecule has 5 nitrogen and oxygen atoms in total. The number of amides is 2. The van der Waals surface area contributed by atoms with Crippen molar-refractivity contribution in [3.63, 3.8) is 0 Å². The Balaban J connectivity index is 1.67. The highest BCUT2D eigenvalue weighted by molar-refractivity contribution is 6.13. The van der Waals surface area contributed by atoms with E-state index < -0.39 is 5.41 Å². The molecule has 0 unspecified atom stereocenters. The summed E-state index contributed by atoms with van der Waals surface area (Å²) >= 11 is 0. The van der Waals surface area contributed by atoms with Gasteiger partial charge in [-0.25, -0.2) is 0 Å². The van der Waals surface area contributed by atoms with Crippen molar-refractivity contribution >= 4 is 17.5 Å². The van der Waals surface area contributed by atoms with E-state index in [0.29, 0.717) is 24.3 Å². The maximum Gasteiger partial charge on any atom is 0.240 e. The van der Waals surface area contributed by atoms with Gasteiger partial charge in [-0.2, -0.15) is 0 Å². The van der Waals surface area contributed by atoms with Crippen molar-refractivity contribution in [3.05, 3.63) is 24.3 Å². The first-order chi connectivity index (χ1) is 9.64. The molecule has 2 aliphatic carbocycles. The van der Waals surface area contributed by atoms with Crippen molar-refractivity contribution in [1.82, 2.24) is 5.32 Å². The van der Waals surface area contributed by atoms with Crippen molar-refractivity contribution in [3.8, 4) is 5.75 Å². The molecule has 2 fully saturated rings. The van der Waals surface area contributed by atoms with E-state index in [4.69, 9.17) is 4.74 Å². The van der Waals surface area contributed by atoms with Crippen LogP contribution in [-0.2, 0) is 9.59 Å². The number of hydrogen-bond donors (Lipinski definition) is 2. The van der Waals surface area contributed by atoms with E-state index in [1.165, 1.54) is 0 Å². The van der Waals surface area contributed by atoms with Gasteiger partial charge >= 0.3 is 0 Å². The molecule has 2 aliphatic rings.